The summed E-state index contributed by atoms with van der Waals surface area (Å²) < 4.78 is 11.4. The van der Waals surface area contributed by atoms with Crippen LogP contribution in [0.25, 0.3) is 0 Å². The van der Waals surface area contributed by atoms with E-state index in [1.807, 2.05) is 29.2 Å². The molecular formula is C29H32Cl2N4O3. The number of rotatable bonds is 7. The molecule has 9 heteroatoms. The average Bonchev–Trinajstić information content (AvgIpc) is 3.40. The first-order valence-corrected chi connectivity index (χ1v) is 13.7. The quantitative estimate of drug-likeness (QED) is 0.372. The Morgan fingerprint density at radius 2 is 1.68 bits per heavy atom. The third kappa shape index (κ3) is 6.00. The van der Waals surface area contributed by atoms with Gasteiger partial charge in [0.2, 0.25) is 11.8 Å². The fourth-order valence-corrected chi connectivity index (χ4v) is 5.79. The van der Waals surface area contributed by atoms with E-state index in [0.717, 1.165) is 43.1 Å². The number of carbonyl (C=O) groups excluding carboxylic acids is 1. The number of benzene rings is 1. The van der Waals surface area contributed by atoms with Gasteiger partial charge in [-0.3, -0.25) is 4.79 Å². The molecule has 2 aromatic heterocycles. The van der Waals surface area contributed by atoms with Crippen molar-refractivity contribution >= 4 is 34.9 Å². The Labute approximate surface area is 233 Å². The Morgan fingerprint density at radius 3 is 2.32 bits per heavy atom. The molecule has 38 heavy (non-hydrogen) atoms. The molecule has 4 heterocycles. The van der Waals surface area contributed by atoms with Crippen molar-refractivity contribution in [2.24, 2.45) is 11.8 Å². The van der Waals surface area contributed by atoms with Crippen LogP contribution in [0.2, 0.25) is 10.0 Å². The Kier molecular flexibility index (Phi) is 8.24. The van der Waals surface area contributed by atoms with Crippen molar-refractivity contribution in [2.45, 2.75) is 31.8 Å². The smallest absolute Gasteiger partial charge is 0.225 e. The molecule has 7 nitrogen and oxygen atoms in total. The first-order chi connectivity index (χ1) is 18.4. The Bertz CT molecular complexity index is 1220. The molecular weight excluding hydrogens is 523 g/mol. The van der Waals surface area contributed by atoms with E-state index in [4.69, 9.17) is 32.7 Å². The molecule has 0 spiro atoms. The SMILES string of the molecule is COc1ccc(N2CCC(C(=O)N3C[C@H]([C@H](C)Oc4ccc(Cl)cn4)[C@@H](c4ccc(Cl)cc4)C3)CC2)nc1. The van der Waals surface area contributed by atoms with E-state index in [1.165, 1.54) is 0 Å². The van der Waals surface area contributed by atoms with Gasteiger partial charge >= 0.3 is 0 Å². The van der Waals surface area contributed by atoms with E-state index in [1.54, 1.807) is 31.6 Å². The fraction of sp³-hybridized carbons (Fsp3) is 0.414. The summed E-state index contributed by atoms with van der Waals surface area (Å²) >= 11 is 12.2. The maximum atomic E-state index is 13.7. The molecule has 1 aromatic carbocycles. The van der Waals surface area contributed by atoms with Crippen molar-refractivity contribution in [1.29, 1.82) is 0 Å². The number of methoxy groups -OCH3 is 1. The molecule has 3 atom stereocenters. The molecule has 3 aromatic rings. The number of piperidine rings is 1. The van der Waals surface area contributed by atoms with Crippen LogP contribution in [0.5, 0.6) is 11.6 Å². The van der Waals surface area contributed by atoms with Crippen LogP contribution in [-0.4, -0.2) is 60.2 Å². The van der Waals surface area contributed by atoms with Crippen LogP contribution in [0.1, 0.15) is 31.2 Å². The Balaban J connectivity index is 1.26. The first-order valence-electron chi connectivity index (χ1n) is 13.0. The lowest BCUT2D eigenvalue weighted by Crippen LogP contribution is -2.42. The summed E-state index contributed by atoms with van der Waals surface area (Å²) in [4.78, 5) is 26.8. The third-order valence-electron chi connectivity index (χ3n) is 7.71. The number of anilines is 1. The number of hydrogen-bond donors (Lipinski definition) is 0. The lowest BCUT2D eigenvalue weighted by Gasteiger charge is -2.34. The van der Waals surface area contributed by atoms with E-state index in [0.29, 0.717) is 29.0 Å². The highest BCUT2D eigenvalue weighted by Gasteiger charge is 2.42. The van der Waals surface area contributed by atoms with Gasteiger partial charge in [-0.2, -0.15) is 0 Å². The lowest BCUT2D eigenvalue weighted by atomic mass is 9.86. The number of pyridine rings is 2. The number of amides is 1. The highest BCUT2D eigenvalue weighted by atomic mass is 35.5. The van der Waals surface area contributed by atoms with Gasteiger partial charge in [0, 0.05) is 61.2 Å². The van der Waals surface area contributed by atoms with Crippen LogP contribution in [0.15, 0.2) is 60.9 Å². The van der Waals surface area contributed by atoms with Crippen LogP contribution in [0.3, 0.4) is 0 Å². The minimum atomic E-state index is -0.148. The number of likely N-dealkylation sites (tertiary alicyclic amines) is 1. The third-order valence-corrected chi connectivity index (χ3v) is 8.18. The monoisotopic (exact) mass is 554 g/mol. The maximum Gasteiger partial charge on any atom is 0.225 e. The van der Waals surface area contributed by atoms with Crippen LogP contribution >= 0.6 is 23.2 Å². The van der Waals surface area contributed by atoms with Gasteiger partial charge in [0.1, 0.15) is 17.7 Å². The molecule has 0 unspecified atom stereocenters. The number of nitrogens with zero attached hydrogens (tertiary/aromatic N) is 4. The first kappa shape index (κ1) is 26.6. The predicted molar refractivity (Wildman–Crippen MR) is 149 cm³/mol. The van der Waals surface area contributed by atoms with Gasteiger partial charge < -0.3 is 19.3 Å². The highest BCUT2D eigenvalue weighted by Crippen LogP contribution is 2.38. The van der Waals surface area contributed by atoms with Crippen molar-refractivity contribution in [3.8, 4) is 11.6 Å². The van der Waals surface area contributed by atoms with E-state index < -0.39 is 0 Å². The van der Waals surface area contributed by atoms with E-state index in [-0.39, 0.29) is 29.8 Å². The van der Waals surface area contributed by atoms with Crippen molar-refractivity contribution in [1.82, 2.24) is 14.9 Å². The standard InChI is InChI=1S/C29H32Cl2N4O3/c1-19(38-28-10-7-23(31)15-33-28)25-17-35(18-26(25)20-3-5-22(30)6-4-20)29(36)21-11-13-34(14-12-21)27-9-8-24(37-2)16-32-27/h3-10,15-16,19,21,25-26H,11-14,17-18H2,1-2H3/t19-,25+,26+/m0/s1. The molecule has 0 saturated carbocycles. The Hall–Kier alpha value is -3.03. The summed E-state index contributed by atoms with van der Waals surface area (Å²) in [6.45, 7) is 4.96. The van der Waals surface area contributed by atoms with E-state index in [9.17, 15) is 4.79 Å². The van der Waals surface area contributed by atoms with Gasteiger partial charge in [0.15, 0.2) is 0 Å². The van der Waals surface area contributed by atoms with Crippen molar-refractivity contribution in [2.75, 3.05) is 38.2 Å². The Morgan fingerprint density at radius 1 is 0.947 bits per heavy atom. The van der Waals surface area contributed by atoms with E-state index in [2.05, 4.69) is 33.9 Å². The summed E-state index contributed by atoms with van der Waals surface area (Å²) in [6.07, 6.45) is 4.78. The predicted octanol–water partition coefficient (Wildman–Crippen LogP) is 5.72. The van der Waals surface area contributed by atoms with E-state index >= 15 is 0 Å². The van der Waals surface area contributed by atoms with Gasteiger partial charge in [-0.05, 0) is 55.7 Å². The number of hydrogen-bond acceptors (Lipinski definition) is 6. The number of halogens is 2. The summed E-state index contributed by atoms with van der Waals surface area (Å²) in [7, 11) is 1.63. The summed E-state index contributed by atoms with van der Waals surface area (Å²) in [5.74, 6) is 2.67. The molecule has 5 rings (SSSR count). The molecule has 0 aliphatic carbocycles. The molecule has 2 aliphatic heterocycles. The molecule has 0 N–H and O–H groups in total. The second kappa shape index (κ2) is 11.8. The zero-order chi connectivity index (χ0) is 26.6. The highest BCUT2D eigenvalue weighted by molar-refractivity contribution is 6.30. The second-order valence-electron chi connectivity index (χ2n) is 10.0. The molecule has 2 fully saturated rings. The summed E-state index contributed by atoms with van der Waals surface area (Å²) in [5.41, 5.74) is 1.16. The van der Waals surface area contributed by atoms with Crippen molar-refractivity contribution in [3.05, 3.63) is 76.5 Å². The zero-order valence-electron chi connectivity index (χ0n) is 21.6. The van der Waals surface area contributed by atoms with Crippen LogP contribution in [0.4, 0.5) is 5.82 Å². The number of ether oxygens (including phenoxy) is 2. The van der Waals surface area contributed by atoms with Crippen LogP contribution in [0, 0.1) is 11.8 Å². The molecule has 2 saturated heterocycles. The maximum absolute atomic E-state index is 13.7. The van der Waals surface area contributed by atoms with Gasteiger partial charge in [-0.1, -0.05) is 35.3 Å². The summed E-state index contributed by atoms with van der Waals surface area (Å²) in [6, 6.07) is 15.4. The van der Waals surface area contributed by atoms with Crippen LogP contribution in [-0.2, 0) is 4.79 Å². The molecule has 2 aliphatic rings. The molecule has 200 valence electrons. The minimum Gasteiger partial charge on any atom is -0.495 e. The largest absolute Gasteiger partial charge is 0.495 e. The summed E-state index contributed by atoms with van der Waals surface area (Å²) in [5, 5.41) is 1.26. The van der Waals surface area contributed by atoms with Gasteiger partial charge in [-0.25, -0.2) is 9.97 Å². The lowest BCUT2D eigenvalue weighted by molar-refractivity contribution is -0.135. The fourth-order valence-electron chi connectivity index (χ4n) is 5.55. The minimum absolute atomic E-state index is 0.00303. The number of aromatic nitrogens is 2. The molecule has 1 amide bonds. The normalized spacial score (nSPS) is 20.8. The second-order valence-corrected chi connectivity index (χ2v) is 10.9. The van der Waals surface area contributed by atoms with Gasteiger partial charge in [0.05, 0.1) is 18.3 Å². The van der Waals surface area contributed by atoms with Crippen molar-refractivity contribution < 1.29 is 14.3 Å². The topological polar surface area (TPSA) is 67.8 Å². The van der Waals surface area contributed by atoms with Crippen molar-refractivity contribution in [3.63, 3.8) is 0 Å². The van der Waals surface area contributed by atoms with Gasteiger partial charge in [0.25, 0.3) is 0 Å². The average molecular weight is 556 g/mol. The number of carbonyl (C=O) groups is 1. The molecule has 0 bridgehead atoms. The zero-order valence-corrected chi connectivity index (χ0v) is 23.1. The van der Waals surface area contributed by atoms with Gasteiger partial charge in [-0.15, -0.1) is 0 Å². The molecule has 0 radical (unpaired) electrons. The van der Waals surface area contributed by atoms with Crippen LogP contribution < -0.4 is 14.4 Å².